The number of amides is 1. The first kappa shape index (κ1) is 14.8. The number of benzene rings is 2. The van der Waals surface area contributed by atoms with Crippen LogP contribution in [0.1, 0.15) is 37.7 Å². The number of hydrogen-bond acceptors (Lipinski definition) is 1. The first-order valence-corrected chi connectivity index (χ1v) is 8.17. The fourth-order valence-electron chi connectivity index (χ4n) is 2.82. The van der Waals surface area contributed by atoms with Crippen LogP contribution in [-0.2, 0) is 4.79 Å². The molecule has 0 saturated heterocycles. The molecule has 1 amide bonds. The van der Waals surface area contributed by atoms with Gasteiger partial charge in [0.15, 0.2) is 0 Å². The number of hydrogen-bond donors (Lipinski definition) is 1. The minimum Gasteiger partial charge on any atom is -0.355 e. The average molecular weight is 293 g/mol. The van der Waals surface area contributed by atoms with E-state index in [0.29, 0.717) is 5.92 Å². The van der Waals surface area contributed by atoms with Gasteiger partial charge in [0.05, 0.1) is 0 Å². The van der Waals surface area contributed by atoms with Crippen LogP contribution in [0.15, 0.2) is 54.6 Å². The Morgan fingerprint density at radius 1 is 1.05 bits per heavy atom. The van der Waals surface area contributed by atoms with Gasteiger partial charge in [0.25, 0.3) is 0 Å². The van der Waals surface area contributed by atoms with Crippen molar-refractivity contribution in [2.45, 2.75) is 32.1 Å². The quantitative estimate of drug-likeness (QED) is 0.871. The van der Waals surface area contributed by atoms with Gasteiger partial charge in [0.1, 0.15) is 0 Å². The van der Waals surface area contributed by atoms with Crippen LogP contribution in [0, 0.1) is 5.92 Å². The number of carbonyl (C=O) groups is 1. The highest BCUT2D eigenvalue weighted by molar-refractivity contribution is 5.79. The Balaban J connectivity index is 1.58. The van der Waals surface area contributed by atoms with Crippen LogP contribution in [0.4, 0.5) is 0 Å². The summed E-state index contributed by atoms with van der Waals surface area (Å²) in [5.41, 5.74) is 3.74. The highest BCUT2D eigenvalue weighted by atomic mass is 16.1. The van der Waals surface area contributed by atoms with Crippen molar-refractivity contribution < 1.29 is 4.79 Å². The number of nitrogens with one attached hydrogen (secondary N) is 1. The molecule has 2 aromatic rings. The Bertz CT molecular complexity index is 614. The molecule has 0 aliphatic heterocycles. The topological polar surface area (TPSA) is 29.1 Å². The minimum atomic E-state index is 0.235. The van der Waals surface area contributed by atoms with Crippen LogP contribution in [-0.4, -0.2) is 12.5 Å². The Morgan fingerprint density at radius 2 is 1.68 bits per heavy atom. The van der Waals surface area contributed by atoms with Crippen LogP contribution in [0.2, 0.25) is 0 Å². The van der Waals surface area contributed by atoms with Crippen LogP contribution in [0.5, 0.6) is 0 Å². The summed E-state index contributed by atoms with van der Waals surface area (Å²) in [4.78, 5) is 11.9. The van der Waals surface area contributed by atoms with Crippen molar-refractivity contribution in [1.82, 2.24) is 5.32 Å². The van der Waals surface area contributed by atoms with E-state index in [9.17, 15) is 4.79 Å². The molecule has 1 N–H and O–H groups in total. The molecule has 1 aliphatic carbocycles. The Hall–Kier alpha value is -2.09. The molecule has 0 spiro atoms. The van der Waals surface area contributed by atoms with Gasteiger partial charge in [-0.2, -0.15) is 0 Å². The summed E-state index contributed by atoms with van der Waals surface area (Å²) in [6.07, 6.45) is 3.33. The molecule has 1 atom stereocenters. The largest absolute Gasteiger partial charge is 0.355 e. The lowest BCUT2D eigenvalue weighted by Crippen LogP contribution is -2.36. The molecule has 0 heterocycles. The summed E-state index contributed by atoms with van der Waals surface area (Å²) in [7, 11) is 0. The molecule has 1 fully saturated rings. The van der Waals surface area contributed by atoms with Gasteiger partial charge in [-0.05, 0) is 35.4 Å². The zero-order chi connectivity index (χ0) is 15.4. The Kier molecular flexibility index (Phi) is 4.57. The maximum atomic E-state index is 11.9. The van der Waals surface area contributed by atoms with Crippen molar-refractivity contribution in [3.8, 4) is 11.1 Å². The molecular formula is C20H23NO. The first-order chi connectivity index (χ1) is 10.7. The molecular weight excluding hydrogens is 270 g/mol. The third kappa shape index (κ3) is 3.38. The highest BCUT2D eigenvalue weighted by Crippen LogP contribution is 2.26. The van der Waals surface area contributed by atoms with E-state index in [1.54, 1.807) is 0 Å². The molecule has 2 aromatic carbocycles. The molecule has 22 heavy (non-hydrogen) atoms. The average Bonchev–Trinajstić information content (AvgIpc) is 2.52. The van der Waals surface area contributed by atoms with E-state index in [1.165, 1.54) is 23.1 Å². The van der Waals surface area contributed by atoms with E-state index >= 15 is 0 Å². The molecule has 0 bridgehead atoms. The summed E-state index contributed by atoms with van der Waals surface area (Å²) in [5, 5.41) is 3.09. The van der Waals surface area contributed by atoms with Gasteiger partial charge in [0.2, 0.25) is 5.91 Å². The number of carbonyl (C=O) groups excluding carboxylic acids is 1. The Labute approximate surface area is 132 Å². The molecule has 3 rings (SSSR count). The molecule has 114 valence electrons. The van der Waals surface area contributed by atoms with E-state index in [2.05, 4.69) is 60.8 Å². The zero-order valence-electron chi connectivity index (χ0n) is 13.1. The second-order valence-electron chi connectivity index (χ2n) is 6.26. The first-order valence-electron chi connectivity index (χ1n) is 8.17. The molecule has 1 saturated carbocycles. The maximum Gasteiger partial charge on any atom is 0.223 e. The molecule has 0 radical (unpaired) electrons. The molecule has 2 nitrogen and oxygen atoms in total. The summed E-state index contributed by atoms with van der Waals surface area (Å²) < 4.78 is 0. The van der Waals surface area contributed by atoms with Gasteiger partial charge in [-0.15, -0.1) is 0 Å². The fraction of sp³-hybridized carbons (Fsp3) is 0.350. The minimum absolute atomic E-state index is 0.235. The molecule has 1 aliphatic rings. The van der Waals surface area contributed by atoms with Crippen molar-refractivity contribution in [3.05, 3.63) is 60.2 Å². The predicted molar refractivity (Wildman–Crippen MR) is 90.6 cm³/mol. The van der Waals surface area contributed by atoms with Crippen molar-refractivity contribution in [2.24, 2.45) is 5.92 Å². The van der Waals surface area contributed by atoms with Crippen LogP contribution in [0.3, 0.4) is 0 Å². The van der Waals surface area contributed by atoms with Crippen LogP contribution < -0.4 is 5.32 Å². The van der Waals surface area contributed by atoms with E-state index in [4.69, 9.17) is 0 Å². The zero-order valence-corrected chi connectivity index (χ0v) is 13.1. The molecule has 0 aromatic heterocycles. The van der Waals surface area contributed by atoms with Crippen molar-refractivity contribution in [2.75, 3.05) is 6.54 Å². The van der Waals surface area contributed by atoms with E-state index in [1.807, 2.05) is 6.07 Å². The monoisotopic (exact) mass is 293 g/mol. The normalized spacial score (nSPS) is 15.9. The van der Waals surface area contributed by atoms with Crippen LogP contribution in [0.25, 0.3) is 11.1 Å². The van der Waals surface area contributed by atoms with Gasteiger partial charge >= 0.3 is 0 Å². The van der Waals surface area contributed by atoms with E-state index in [-0.39, 0.29) is 11.8 Å². The second kappa shape index (κ2) is 6.78. The lowest BCUT2D eigenvalue weighted by atomic mass is 9.84. The van der Waals surface area contributed by atoms with Crippen molar-refractivity contribution >= 4 is 5.91 Å². The second-order valence-corrected chi connectivity index (χ2v) is 6.26. The predicted octanol–water partition coefficient (Wildman–Crippen LogP) is 4.37. The standard InChI is InChI=1S/C20H23NO/c1-15(14-21-20(22)19-8-5-9-19)16-10-12-18(13-11-16)17-6-3-2-4-7-17/h2-4,6-7,10-13,15,19H,5,8-9,14H2,1H3,(H,21,22). The summed E-state index contributed by atoms with van der Waals surface area (Å²) in [6.45, 7) is 2.89. The maximum absolute atomic E-state index is 11.9. The summed E-state index contributed by atoms with van der Waals surface area (Å²) in [5.74, 6) is 0.848. The third-order valence-corrected chi connectivity index (χ3v) is 4.65. The van der Waals surface area contributed by atoms with Gasteiger partial charge in [-0.3, -0.25) is 4.79 Å². The van der Waals surface area contributed by atoms with Crippen molar-refractivity contribution in [3.63, 3.8) is 0 Å². The number of rotatable bonds is 5. The van der Waals surface area contributed by atoms with Gasteiger partial charge in [-0.25, -0.2) is 0 Å². The Morgan fingerprint density at radius 3 is 2.27 bits per heavy atom. The van der Waals surface area contributed by atoms with Crippen LogP contribution >= 0.6 is 0 Å². The van der Waals surface area contributed by atoms with E-state index in [0.717, 1.165) is 19.4 Å². The summed E-state index contributed by atoms with van der Waals surface area (Å²) in [6, 6.07) is 19.1. The lowest BCUT2D eigenvalue weighted by Gasteiger charge is -2.25. The van der Waals surface area contributed by atoms with E-state index < -0.39 is 0 Å². The molecule has 2 heteroatoms. The lowest BCUT2D eigenvalue weighted by molar-refractivity contribution is -0.127. The summed E-state index contributed by atoms with van der Waals surface area (Å²) >= 11 is 0. The smallest absolute Gasteiger partial charge is 0.223 e. The molecule has 1 unspecified atom stereocenters. The third-order valence-electron chi connectivity index (χ3n) is 4.65. The van der Waals surface area contributed by atoms with Crippen molar-refractivity contribution in [1.29, 1.82) is 0 Å². The highest BCUT2D eigenvalue weighted by Gasteiger charge is 2.25. The SMILES string of the molecule is CC(CNC(=O)C1CCC1)c1ccc(-c2ccccc2)cc1. The van der Waals surface area contributed by atoms with Gasteiger partial charge < -0.3 is 5.32 Å². The fourth-order valence-corrected chi connectivity index (χ4v) is 2.82. The van der Waals surface area contributed by atoms with Gasteiger partial charge in [0, 0.05) is 12.5 Å². The van der Waals surface area contributed by atoms with Gasteiger partial charge in [-0.1, -0.05) is 67.9 Å².